The Kier molecular flexibility index (Phi) is 4.18. The number of hydrogen-bond acceptors (Lipinski definition) is 5. The molecule has 22 heavy (non-hydrogen) atoms. The summed E-state index contributed by atoms with van der Waals surface area (Å²) in [6.45, 7) is 5.19. The predicted octanol–water partition coefficient (Wildman–Crippen LogP) is 3.29. The lowest BCUT2D eigenvalue weighted by atomic mass is 10.1. The number of nitro benzene ring substituents is 1. The second kappa shape index (κ2) is 5.76. The molecular formula is C15H15NO5S. The Labute approximate surface area is 128 Å². The molecule has 6 nitrogen and oxygen atoms in total. The molecule has 0 atom stereocenters. The van der Waals surface area contributed by atoms with Crippen molar-refractivity contribution in [3.05, 3.63) is 63.2 Å². The van der Waals surface area contributed by atoms with E-state index in [0.717, 1.165) is 17.2 Å². The summed E-state index contributed by atoms with van der Waals surface area (Å²) in [5.41, 5.74) is 1.85. The smallest absolute Gasteiger partial charge is 0.339 e. The number of aryl methyl sites for hydroxylation is 3. The van der Waals surface area contributed by atoms with Crippen molar-refractivity contribution in [2.75, 3.05) is 0 Å². The Morgan fingerprint density at radius 2 is 1.59 bits per heavy atom. The fourth-order valence-electron chi connectivity index (χ4n) is 2.10. The summed E-state index contributed by atoms with van der Waals surface area (Å²) in [4.78, 5) is 10.1. The van der Waals surface area contributed by atoms with Gasteiger partial charge in [0.25, 0.3) is 5.69 Å². The van der Waals surface area contributed by atoms with Gasteiger partial charge in [-0.2, -0.15) is 8.42 Å². The van der Waals surface area contributed by atoms with Gasteiger partial charge in [-0.15, -0.1) is 0 Å². The average molecular weight is 321 g/mol. The van der Waals surface area contributed by atoms with Crippen LogP contribution < -0.4 is 4.18 Å². The molecule has 0 unspecified atom stereocenters. The fraction of sp³-hybridized carbons (Fsp3) is 0.200. The third-order valence-corrected chi connectivity index (χ3v) is 4.31. The van der Waals surface area contributed by atoms with Gasteiger partial charge in [0.1, 0.15) is 10.6 Å². The number of rotatable bonds is 4. The Bertz CT molecular complexity index is 823. The van der Waals surface area contributed by atoms with E-state index in [1.165, 1.54) is 12.1 Å². The molecule has 0 saturated heterocycles. The van der Waals surface area contributed by atoms with Crippen LogP contribution in [0.5, 0.6) is 5.75 Å². The predicted molar refractivity (Wildman–Crippen MR) is 81.6 cm³/mol. The van der Waals surface area contributed by atoms with E-state index in [1.807, 2.05) is 19.9 Å². The summed E-state index contributed by atoms with van der Waals surface area (Å²) in [7, 11) is -4.12. The Balaban J connectivity index is 2.42. The van der Waals surface area contributed by atoms with Crippen LogP contribution in [0.3, 0.4) is 0 Å². The van der Waals surface area contributed by atoms with Crippen molar-refractivity contribution in [2.24, 2.45) is 0 Å². The topological polar surface area (TPSA) is 86.5 Å². The highest BCUT2D eigenvalue weighted by molar-refractivity contribution is 7.87. The van der Waals surface area contributed by atoms with E-state index in [0.29, 0.717) is 5.56 Å². The Morgan fingerprint density at radius 3 is 2.14 bits per heavy atom. The van der Waals surface area contributed by atoms with Crippen molar-refractivity contribution in [3.63, 3.8) is 0 Å². The van der Waals surface area contributed by atoms with E-state index >= 15 is 0 Å². The van der Waals surface area contributed by atoms with E-state index in [4.69, 9.17) is 4.18 Å². The van der Waals surface area contributed by atoms with Gasteiger partial charge in [0.15, 0.2) is 0 Å². The van der Waals surface area contributed by atoms with Crippen molar-refractivity contribution < 1.29 is 17.5 Å². The maximum atomic E-state index is 12.3. The molecule has 0 spiro atoms. The average Bonchev–Trinajstić information content (AvgIpc) is 2.36. The van der Waals surface area contributed by atoms with Crippen molar-refractivity contribution in [3.8, 4) is 5.75 Å². The Morgan fingerprint density at radius 1 is 1.00 bits per heavy atom. The van der Waals surface area contributed by atoms with Gasteiger partial charge in [-0.05, 0) is 50.1 Å². The van der Waals surface area contributed by atoms with Crippen LogP contribution in [0.1, 0.15) is 16.7 Å². The SMILES string of the molecule is Cc1cc(C)cc(OS(=O)(=O)c2ccc(C)c([N+](=O)[O-])c2)c1. The molecule has 2 aromatic rings. The summed E-state index contributed by atoms with van der Waals surface area (Å²) in [5, 5.41) is 10.9. The van der Waals surface area contributed by atoms with E-state index in [1.54, 1.807) is 19.1 Å². The van der Waals surface area contributed by atoms with Crippen LogP contribution in [0.25, 0.3) is 0 Å². The van der Waals surface area contributed by atoms with Gasteiger partial charge in [-0.1, -0.05) is 12.1 Å². The van der Waals surface area contributed by atoms with Gasteiger partial charge in [0.2, 0.25) is 0 Å². The molecule has 0 heterocycles. The molecule has 0 aliphatic carbocycles. The first-order valence-corrected chi connectivity index (χ1v) is 7.88. The normalized spacial score (nSPS) is 11.2. The molecule has 7 heteroatoms. The summed E-state index contributed by atoms with van der Waals surface area (Å²) in [6, 6.07) is 8.75. The maximum absolute atomic E-state index is 12.3. The van der Waals surface area contributed by atoms with E-state index in [-0.39, 0.29) is 16.3 Å². The van der Waals surface area contributed by atoms with Crippen LogP contribution in [0.2, 0.25) is 0 Å². The van der Waals surface area contributed by atoms with Gasteiger partial charge in [-0.3, -0.25) is 10.1 Å². The summed E-state index contributed by atoms with van der Waals surface area (Å²) < 4.78 is 29.6. The summed E-state index contributed by atoms with van der Waals surface area (Å²) >= 11 is 0. The zero-order valence-corrected chi connectivity index (χ0v) is 13.2. The molecule has 0 aliphatic heterocycles. The second-order valence-corrected chi connectivity index (χ2v) is 6.61. The molecule has 2 aromatic carbocycles. The molecule has 0 amide bonds. The first-order chi connectivity index (χ1) is 10.2. The molecular weight excluding hydrogens is 306 g/mol. The van der Waals surface area contributed by atoms with Crippen LogP contribution in [0.15, 0.2) is 41.3 Å². The molecule has 0 bridgehead atoms. The number of nitro groups is 1. The quantitative estimate of drug-likeness (QED) is 0.490. The molecule has 0 N–H and O–H groups in total. The number of nitrogens with zero attached hydrogens (tertiary/aromatic N) is 1. The lowest BCUT2D eigenvalue weighted by Gasteiger charge is -2.09. The molecule has 0 saturated carbocycles. The lowest BCUT2D eigenvalue weighted by Crippen LogP contribution is -2.10. The molecule has 0 aliphatic rings. The zero-order valence-electron chi connectivity index (χ0n) is 12.4. The summed E-state index contributed by atoms with van der Waals surface area (Å²) in [6.07, 6.45) is 0. The third-order valence-electron chi connectivity index (χ3n) is 3.07. The van der Waals surface area contributed by atoms with Gasteiger partial charge in [0.05, 0.1) is 4.92 Å². The second-order valence-electron chi connectivity index (χ2n) is 5.07. The zero-order chi connectivity index (χ0) is 16.5. The van der Waals surface area contributed by atoms with Crippen LogP contribution in [0, 0.1) is 30.9 Å². The maximum Gasteiger partial charge on any atom is 0.339 e. The highest BCUT2D eigenvalue weighted by Crippen LogP contribution is 2.25. The van der Waals surface area contributed by atoms with Gasteiger partial charge < -0.3 is 4.18 Å². The molecule has 0 fully saturated rings. The molecule has 0 aromatic heterocycles. The Hall–Kier alpha value is -2.41. The van der Waals surface area contributed by atoms with Crippen LogP contribution in [-0.4, -0.2) is 13.3 Å². The fourth-order valence-corrected chi connectivity index (χ4v) is 3.03. The third kappa shape index (κ3) is 3.43. The van der Waals surface area contributed by atoms with Crippen molar-refractivity contribution >= 4 is 15.8 Å². The van der Waals surface area contributed by atoms with Gasteiger partial charge in [-0.25, -0.2) is 0 Å². The lowest BCUT2D eigenvalue weighted by molar-refractivity contribution is -0.385. The van der Waals surface area contributed by atoms with Gasteiger partial charge >= 0.3 is 10.1 Å². The monoisotopic (exact) mass is 321 g/mol. The van der Waals surface area contributed by atoms with Crippen LogP contribution in [-0.2, 0) is 10.1 Å². The van der Waals surface area contributed by atoms with E-state index in [2.05, 4.69) is 0 Å². The standard InChI is InChI=1S/C15H15NO5S/c1-10-6-11(2)8-13(7-10)21-22(19,20)14-5-4-12(3)15(9-14)16(17)18/h4-9H,1-3H3. The van der Waals surface area contributed by atoms with Crippen LogP contribution in [0.4, 0.5) is 5.69 Å². The van der Waals surface area contributed by atoms with Crippen molar-refractivity contribution in [1.82, 2.24) is 0 Å². The summed E-state index contributed by atoms with van der Waals surface area (Å²) in [5.74, 6) is 0.181. The van der Waals surface area contributed by atoms with Crippen molar-refractivity contribution in [1.29, 1.82) is 0 Å². The van der Waals surface area contributed by atoms with Crippen LogP contribution >= 0.6 is 0 Å². The highest BCUT2D eigenvalue weighted by Gasteiger charge is 2.21. The molecule has 116 valence electrons. The largest absolute Gasteiger partial charge is 0.379 e. The van der Waals surface area contributed by atoms with E-state index in [9.17, 15) is 18.5 Å². The minimum Gasteiger partial charge on any atom is -0.379 e. The molecule has 0 radical (unpaired) electrons. The molecule has 2 rings (SSSR count). The minimum atomic E-state index is -4.12. The number of hydrogen-bond donors (Lipinski definition) is 0. The highest BCUT2D eigenvalue weighted by atomic mass is 32.2. The first-order valence-electron chi connectivity index (χ1n) is 6.47. The number of benzene rings is 2. The van der Waals surface area contributed by atoms with Gasteiger partial charge in [0, 0.05) is 11.6 Å². The minimum absolute atomic E-state index is 0.181. The van der Waals surface area contributed by atoms with E-state index < -0.39 is 15.0 Å². The van der Waals surface area contributed by atoms with Crippen molar-refractivity contribution in [2.45, 2.75) is 25.7 Å². The first kappa shape index (κ1) is 16.0.